The number of carbonyl (C=O) groups is 2. The van der Waals surface area contributed by atoms with Gasteiger partial charge in [-0.05, 0) is 65.8 Å². The smallest absolute Gasteiger partial charge is 0.261 e. The Balaban J connectivity index is 1.92. The molecule has 1 aliphatic carbocycles. The Morgan fingerprint density at radius 2 is 1.86 bits per heavy atom. The number of aryl methyl sites for hydroxylation is 1. The van der Waals surface area contributed by atoms with Crippen molar-refractivity contribution in [1.82, 2.24) is 4.98 Å². The third-order valence-electron chi connectivity index (χ3n) is 3.60. The molecule has 112 valence electrons. The molecule has 1 aliphatic rings. The number of hydrogen-bond acceptors (Lipinski definition) is 3. The van der Waals surface area contributed by atoms with Gasteiger partial charge in [-0.2, -0.15) is 0 Å². The van der Waals surface area contributed by atoms with Gasteiger partial charge in [0.25, 0.3) is 11.5 Å². The minimum atomic E-state index is -0.511. The van der Waals surface area contributed by atoms with Crippen molar-refractivity contribution in [1.29, 1.82) is 0 Å². The Morgan fingerprint density at radius 3 is 2.59 bits per heavy atom. The predicted molar refractivity (Wildman–Crippen MR) is 91.4 cm³/mol. The van der Waals surface area contributed by atoms with Gasteiger partial charge in [-0.1, -0.05) is 0 Å². The molecular formula is C16H13IN2O3. The lowest BCUT2D eigenvalue weighted by atomic mass is 9.93. The number of Topliss-reactive ketones (excluding diaryl/α,β-unsaturated/α-hetero) is 1. The van der Waals surface area contributed by atoms with Crippen LogP contribution in [0.15, 0.2) is 35.1 Å². The second kappa shape index (κ2) is 6.04. The molecule has 1 aromatic carbocycles. The van der Waals surface area contributed by atoms with Crippen LogP contribution >= 0.6 is 22.6 Å². The molecule has 0 bridgehead atoms. The van der Waals surface area contributed by atoms with Gasteiger partial charge in [0, 0.05) is 26.9 Å². The zero-order valence-electron chi connectivity index (χ0n) is 11.6. The summed E-state index contributed by atoms with van der Waals surface area (Å²) in [6.07, 6.45) is 1.85. The van der Waals surface area contributed by atoms with Crippen LogP contribution in [0.5, 0.6) is 0 Å². The van der Waals surface area contributed by atoms with Gasteiger partial charge in [-0.15, -0.1) is 0 Å². The largest absolute Gasteiger partial charge is 0.325 e. The van der Waals surface area contributed by atoms with E-state index in [1.807, 2.05) is 12.1 Å². The Hall–Kier alpha value is -1.96. The molecule has 2 aromatic rings. The number of nitrogens with one attached hydrogen (secondary N) is 2. The van der Waals surface area contributed by atoms with Crippen molar-refractivity contribution in [3.05, 3.63) is 61.1 Å². The first kappa shape index (κ1) is 15.0. The zero-order chi connectivity index (χ0) is 15.7. The molecule has 2 N–H and O–H groups in total. The van der Waals surface area contributed by atoms with Crippen LogP contribution in [0.25, 0.3) is 0 Å². The van der Waals surface area contributed by atoms with Crippen molar-refractivity contribution in [2.45, 2.75) is 19.3 Å². The monoisotopic (exact) mass is 408 g/mol. The molecule has 0 saturated heterocycles. The lowest BCUT2D eigenvalue weighted by molar-refractivity contribution is 0.0971. The number of aromatic amines is 1. The third-order valence-corrected chi connectivity index (χ3v) is 4.32. The fourth-order valence-electron chi connectivity index (χ4n) is 2.48. The maximum Gasteiger partial charge on any atom is 0.261 e. The fourth-order valence-corrected chi connectivity index (χ4v) is 2.83. The lowest BCUT2D eigenvalue weighted by Crippen LogP contribution is -2.27. The number of benzene rings is 1. The number of halogens is 1. The van der Waals surface area contributed by atoms with Crippen LogP contribution in [-0.4, -0.2) is 16.7 Å². The van der Waals surface area contributed by atoms with E-state index in [9.17, 15) is 14.4 Å². The molecule has 0 aliphatic heterocycles. The van der Waals surface area contributed by atoms with E-state index in [-0.39, 0.29) is 11.3 Å². The summed E-state index contributed by atoms with van der Waals surface area (Å²) in [5.74, 6) is -0.538. The molecule has 1 amide bonds. The lowest BCUT2D eigenvalue weighted by Gasteiger charge is -2.15. The number of pyridine rings is 1. The van der Waals surface area contributed by atoms with Crippen molar-refractivity contribution >= 4 is 40.0 Å². The summed E-state index contributed by atoms with van der Waals surface area (Å²) in [4.78, 5) is 38.9. The van der Waals surface area contributed by atoms with Gasteiger partial charge in [0.05, 0.1) is 0 Å². The highest BCUT2D eigenvalue weighted by Gasteiger charge is 2.22. The highest BCUT2D eigenvalue weighted by atomic mass is 127. The average molecular weight is 408 g/mol. The predicted octanol–water partition coefficient (Wildman–Crippen LogP) is 2.75. The molecule has 3 rings (SSSR count). The molecule has 6 heteroatoms. The van der Waals surface area contributed by atoms with Gasteiger partial charge in [-0.3, -0.25) is 14.4 Å². The minimum Gasteiger partial charge on any atom is -0.325 e. The van der Waals surface area contributed by atoms with Gasteiger partial charge in [-0.25, -0.2) is 0 Å². The summed E-state index contributed by atoms with van der Waals surface area (Å²) in [6, 6.07) is 8.65. The summed E-state index contributed by atoms with van der Waals surface area (Å²) in [6.45, 7) is 0. The molecule has 0 saturated carbocycles. The highest BCUT2D eigenvalue weighted by Crippen LogP contribution is 2.19. The van der Waals surface area contributed by atoms with Crippen LogP contribution < -0.4 is 10.9 Å². The summed E-state index contributed by atoms with van der Waals surface area (Å²) >= 11 is 2.17. The number of ketones is 1. The van der Waals surface area contributed by atoms with Gasteiger partial charge in [0.2, 0.25) is 0 Å². The zero-order valence-corrected chi connectivity index (χ0v) is 13.8. The van der Waals surface area contributed by atoms with Crippen LogP contribution in [-0.2, 0) is 6.42 Å². The van der Waals surface area contributed by atoms with Gasteiger partial charge < -0.3 is 10.3 Å². The maximum atomic E-state index is 12.3. The molecule has 1 aromatic heterocycles. The van der Waals surface area contributed by atoms with E-state index in [0.29, 0.717) is 29.8 Å². The highest BCUT2D eigenvalue weighted by molar-refractivity contribution is 14.1. The van der Waals surface area contributed by atoms with E-state index in [1.165, 1.54) is 6.07 Å². The number of H-pyrrole nitrogens is 1. The maximum absolute atomic E-state index is 12.3. The summed E-state index contributed by atoms with van der Waals surface area (Å²) in [7, 11) is 0. The number of carbonyl (C=O) groups excluding carboxylic acids is 2. The number of hydrogen-bond donors (Lipinski definition) is 2. The molecule has 0 unspecified atom stereocenters. The van der Waals surface area contributed by atoms with Gasteiger partial charge in [0.15, 0.2) is 5.78 Å². The SMILES string of the molecule is O=C1CCCc2[nH]c(=O)c(C(=O)Nc3ccc(I)cc3)cc21. The van der Waals surface area contributed by atoms with Crippen molar-refractivity contribution in [3.8, 4) is 0 Å². The standard InChI is InChI=1S/C16H13IN2O3/c17-9-4-6-10(7-5-9)18-15(21)12-8-11-13(19-16(12)22)2-1-3-14(11)20/h4-8H,1-3H2,(H,18,21)(H,19,22). The number of anilines is 1. The molecular weight excluding hydrogens is 395 g/mol. The van der Waals surface area contributed by atoms with Crippen LogP contribution in [0.3, 0.4) is 0 Å². The molecule has 5 nitrogen and oxygen atoms in total. The van der Waals surface area contributed by atoms with E-state index in [0.717, 1.165) is 9.99 Å². The molecule has 0 radical (unpaired) electrons. The Labute approximate surface area is 140 Å². The summed E-state index contributed by atoms with van der Waals surface area (Å²) in [5.41, 5.74) is 1.20. The molecule has 1 heterocycles. The van der Waals surface area contributed by atoms with E-state index < -0.39 is 11.5 Å². The van der Waals surface area contributed by atoms with Gasteiger partial charge >= 0.3 is 0 Å². The molecule has 0 atom stereocenters. The number of amides is 1. The van der Waals surface area contributed by atoms with Crippen molar-refractivity contribution in [2.24, 2.45) is 0 Å². The molecule has 0 spiro atoms. The summed E-state index contributed by atoms with van der Waals surface area (Å²) < 4.78 is 1.05. The Kier molecular flexibility index (Phi) is 4.10. The van der Waals surface area contributed by atoms with Crippen LogP contribution in [0.4, 0.5) is 5.69 Å². The van der Waals surface area contributed by atoms with E-state index in [2.05, 4.69) is 32.9 Å². The number of aromatic nitrogens is 1. The topological polar surface area (TPSA) is 79.0 Å². The number of fused-ring (bicyclic) bond motifs is 1. The van der Waals surface area contributed by atoms with E-state index in [1.54, 1.807) is 12.1 Å². The van der Waals surface area contributed by atoms with Crippen molar-refractivity contribution < 1.29 is 9.59 Å². The first-order valence-electron chi connectivity index (χ1n) is 6.91. The van der Waals surface area contributed by atoms with Crippen LogP contribution in [0.1, 0.15) is 39.3 Å². The van der Waals surface area contributed by atoms with Crippen molar-refractivity contribution in [3.63, 3.8) is 0 Å². The Morgan fingerprint density at radius 1 is 1.14 bits per heavy atom. The first-order chi connectivity index (χ1) is 10.5. The minimum absolute atomic E-state index is 0.0270. The quantitative estimate of drug-likeness (QED) is 0.751. The second-order valence-corrected chi connectivity index (χ2v) is 6.39. The Bertz CT molecular complexity index is 809. The molecule has 0 fully saturated rings. The van der Waals surface area contributed by atoms with Crippen molar-refractivity contribution in [2.75, 3.05) is 5.32 Å². The van der Waals surface area contributed by atoms with E-state index in [4.69, 9.17) is 0 Å². The van der Waals surface area contributed by atoms with Crippen LogP contribution in [0.2, 0.25) is 0 Å². The third kappa shape index (κ3) is 2.96. The fraction of sp³-hybridized carbons (Fsp3) is 0.188. The average Bonchev–Trinajstić information content (AvgIpc) is 2.49. The first-order valence-corrected chi connectivity index (χ1v) is 7.99. The normalized spacial score (nSPS) is 13.6. The summed E-state index contributed by atoms with van der Waals surface area (Å²) in [5, 5.41) is 2.67. The van der Waals surface area contributed by atoms with E-state index >= 15 is 0 Å². The number of rotatable bonds is 2. The second-order valence-electron chi connectivity index (χ2n) is 5.14. The van der Waals surface area contributed by atoms with Crippen LogP contribution in [0, 0.1) is 3.57 Å². The van der Waals surface area contributed by atoms with Gasteiger partial charge in [0.1, 0.15) is 5.56 Å². The molecule has 22 heavy (non-hydrogen) atoms.